The number of aromatic nitrogens is 8. The van der Waals surface area contributed by atoms with Crippen LogP contribution >= 0.6 is 0 Å². The predicted molar refractivity (Wildman–Crippen MR) is 154 cm³/mol. The number of hydrogen-bond acceptors (Lipinski definition) is 6. The zero-order valence-corrected chi connectivity index (χ0v) is 24.6. The molecule has 10 heteroatoms. The Balaban J connectivity index is 0.00000144. The summed E-state index contributed by atoms with van der Waals surface area (Å²) in [7, 11) is 0. The summed E-state index contributed by atoms with van der Waals surface area (Å²) in [5.74, 6) is 2.21. The van der Waals surface area contributed by atoms with Gasteiger partial charge in [-0.15, -0.1) is 0 Å². The number of hydrogen-bond donors (Lipinski definition) is 0. The molecule has 0 amide bonds. The van der Waals surface area contributed by atoms with Gasteiger partial charge in [-0.05, 0) is 21.5 Å². The molecule has 0 unspecified atom stereocenters. The summed E-state index contributed by atoms with van der Waals surface area (Å²) < 4.78 is 0. The molecule has 42 heavy (non-hydrogen) atoms. The number of benzene rings is 4. The van der Waals surface area contributed by atoms with Crippen molar-refractivity contribution in [2.45, 2.75) is 0 Å². The van der Waals surface area contributed by atoms with Gasteiger partial charge in [0.1, 0.15) is 0 Å². The van der Waals surface area contributed by atoms with Crippen molar-refractivity contribution < 1.29 is 73.7 Å². The third-order valence-electron chi connectivity index (χ3n) is 7.33. The van der Waals surface area contributed by atoms with Crippen LogP contribution in [0.25, 0.3) is 89.7 Å². The summed E-state index contributed by atoms with van der Waals surface area (Å²) in [6.07, 6.45) is 0. The molecule has 8 nitrogen and oxygen atoms in total. The summed E-state index contributed by atoms with van der Waals surface area (Å²) in [6, 6.07) is 31.8. The van der Waals surface area contributed by atoms with Crippen LogP contribution in [-0.2, 0) is 0 Å². The average molecular weight is 862 g/mol. The van der Waals surface area contributed by atoms with Gasteiger partial charge in [-0.2, -0.15) is 0 Å². The third kappa shape index (κ3) is 4.27. The molecule has 216 valence electrons. The van der Waals surface area contributed by atoms with E-state index in [0.717, 1.165) is 43.8 Å². The van der Waals surface area contributed by atoms with Gasteiger partial charge < -0.3 is 29.9 Å². The molecule has 2 aliphatic heterocycles. The van der Waals surface area contributed by atoms with Crippen LogP contribution in [0.2, 0.25) is 0 Å². The van der Waals surface area contributed by atoms with E-state index in [4.69, 9.17) is 39.9 Å². The normalized spacial score (nSPS) is 11.4. The minimum atomic E-state index is 0. The molecule has 0 spiro atoms. The van der Waals surface area contributed by atoms with Crippen molar-refractivity contribution >= 4 is 44.1 Å². The number of rotatable bonds is 0. The number of nitrogens with zero attached hydrogens (tertiary/aromatic N) is 8. The van der Waals surface area contributed by atoms with Crippen molar-refractivity contribution in [1.29, 1.82) is 0 Å². The molecule has 5 heterocycles. The smallest absolute Gasteiger partial charge is 0.0927 e. The molecule has 2 aliphatic rings. The Labute approximate surface area is 297 Å². The SMILES string of the molecule is [Lu].[Lu].c1ccc2c(c1)-c1nc-2nc2[n-]c(nc3nc(nc4[n-]c(n1)c1ccccc41)-c1ccccc1-3)c1ccccc21. The Bertz CT molecular complexity index is 2040. The van der Waals surface area contributed by atoms with Gasteiger partial charge in [-0.1, -0.05) is 97.1 Å². The standard InChI is InChI=1S/C32H16N8.2Lu/c1-2-10-18-17(9-1)25-33-26(18)38-28-21-13-5-6-14-22(21)30(35-28)40-32-24-16-8-7-15-23(24)31(36-32)39-29-20-12-4-3-11-19(20)27(34-29)37-25;;/h1-16H;;/q-2;;. The van der Waals surface area contributed by atoms with E-state index in [0.29, 0.717) is 45.9 Å². The predicted octanol–water partition coefficient (Wildman–Crippen LogP) is 6.13. The zero-order valence-electron chi connectivity index (χ0n) is 21.3. The van der Waals surface area contributed by atoms with Crippen LogP contribution in [0.15, 0.2) is 97.1 Å². The van der Waals surface area contributed by atoms with Gasteiger partial charge in [0, 0.05) is 119 Å². The molecule has 7 aromatic rings. The molecular weight excluding hydrogens is 846 g/mol. The molecule has 4 aromatic carbocycles. The fourth-order valence-electron chi connectivity index (χ4n) is 5.46. The van der Waals surface area contributed by atoms with Crippen molar-refractivity contribution in [1.82, 2.24) is 39.9 Å². The van der Waals surface area contributed by atoms with E-state index in [1.165, 1.54) is 0 Å². The second-order valence-corrected chi connectivity index (χ2v) is 9.67. The van der Waals surface area contributed by atoms with Crippen molar-refractivity contribution in [2.24, 2.45) is 0 Å². The Morgan fingerprint density at radius 1 is 0.310 bits per heavy atom. The van der Waals surface area contributed by atoms with E-state index in [-0.39, 0.29) is 73.7 Å². The van der Waals surface area contributed by atoms with E-state index < -0.39 is 0 Å². The van der Waals surface area contributed by atoms with Crippen LogP contribution in [0.3, 0.4) is 0 Å². The topological polar surface area (TPSA) is 106 Å². The van der Waals surface area contributed by atoms with Gasteiger partial charge in [0.15, 0.2) is 0 Å². The fourth-order valence-corrected chi connectivity index (χ4v) is 5.46. The second kappa shape index (κ2) is 10.8. The first-order valence-corrected chi connectivity index (χ1v) is 12.9. The fraction of sp³-hybridized carbons (Fsp3) is 0. The molecular formula is C32H16Lu2N8-2. The van der Waals surface area contributed by atoms with E-state index in [9.17, 15) is 0 Å². The van der Waals surface area contributed by atoms with Gasteiger partial charge in [0.05, 0.1) is 23.3 Å². The molecule has 0 aliphatic carbocycles. The van der Waals surface area contributed by atoms with Crippen LogP contribution in [-0.4, -0.2) is 29.9 Å². The van der Waals surface area contributed by atoms with E-state index in [1.807, 2.05) is 97.1 Å². The Morgan fingerprint density at radius 2 is 0.548 bits per heavy atom. The van der Waals surface area contributed by atoms with Crippen molar-refractivity contribution in [3.8, 4) is 45.6 Å². The van der Waals surface area contributed by atoms with Gasteiger partial charge in [0.25, 0.3) is 0 Å². The van der Waals surface area contributed by atoms with Gasteiger partial charge in [-0.3, -0.25) is 0 Å². The van der Waals surface area contributed by atoms with Gasteiger partial charge in [-0.25, -0.2) is 9.97 Å². The summed E-state index contributed by atoms with van der Waals surface area (Å²) in [4.78, 5) is 39.3. The monoisotopic (exact) mass is 862 g/mol. The van der Waals surface area contributed by atoms with Gasteiger partial charge >= 0.3 is 0 Å². The van der Waals surface area contributed by atoms with Crippen molar-refractivity contribution in [3.63, 3.8) is 0 Å². The summed E-state index contributed by atoms with van der Waals surface area (Å²) >= 11 is 0. The van der Waals surface area contributed by atoms with Crippen LogP contribution < -0.4 is 9.97 Å². The first-order chi connectivity index (χ1) is 19.8. The van der Waals surface area contributed by atoms with Gasteiger partial charge in [0.2, 0.25) is 0 Å². The molecule has 2 radical (unpaired) electrons. The minimum absolute atomic E-state index is 0. The summed E-state index contributed by atoms with van der Waals surface area (Å²) in [5, 5.41) is 3.57. The maximum absolute atomic E-state index is 4.95. The molecule has 0 fully saturated rings. The summed E-state index contributed by atoms with van der Waals surface area (Å²) in [6.45, 7) is 0. The first kappa shape index (κ1) is 27.5. The third-order valence-corrected chi connectivity index (χ3v) is 7.33. The average Bonchev–Trinajstić information content (AvgIpc) is 3.73. The molecule has 8 bridgehead atoms. The quantitative estimate of drug-likeness (QED) is 0.180. The Hall–Kier alpha value is -3.29. The number of fused-ring (bicyclic) bond motifs is 20. The maximum Gasteiger partial charge on any atom is 0.0927 e. The molecule has 9 rings (SSSR count). The minimum Gasteiger partial charge on any atom is -0.357 e. The van der Waals surface area contributed by atoms with Crippen molar-refractivity contribution in [3.05, 3.63) is 97.1 Å². The van der Waals surface area contributed by atoms with E-state index in [2.05, 4.69) is 0 Å². The summed E-state index contributed by atoms with van der Waals surface area (Å²) in [5.41, 5.74) is 5.78. The maximum atomic E-state index is 4.95. The molecule has 0 saturated carbocycles. The second-order valence-electron chi connectivity index (χ2n) is 9.67. The molecule has 0 N–H and O–H groups in total. The van der Waals surface area contributed by atoms with E-state index in [1.54, 1.807) is 0 Å². The molecule has 3 aromatic heterocycles. The Kier molecular flexibility index (Phi) is 7.06. The van der Waals surface area contributed by atoms with Crippen LogP contribution in [0.1, 0.15) is 0 Å². The van der Waals surface area contributed by atoms with E-state index >= 15 is 0 Å². The van der Waals surface area contributed by atoms with Crippen LogP contribution in [0.4, 0.5) is 0 Å². The van der Waals surface area contributed by atoms with Crippen molar-refractivity contribution in [2.75, 3.05) is 0 Å². The first-order valence-electron chi connectivity index (χ1n) is 12.9. The largest absolute Gasteiger partial charge is 0.357 e. The molecule has 0 atom stereocenters. The molecule has 0 saturated heterocycles. The van der Waals surface area contributed by atoms with Crippen LogP contribution in [0.5, 0.6) is 0 Å². The zero-order chi connectivity index (χ0) is 26.2. The van der Waals surface area contributed by atoms with Crippen LogP contribution in [0, 0.1) is 73.7 Å². The Morgan fingerprint density at radius 3 is 0.810 bits per heavy atom.